The van der Waals surface area contributed by atoms with Gasteiger partial charge in [0.25, 0.3) is 6.43 Å². The van der Waals surface area contributed by atoms with Crippen molar-refractivity contribution in [2.45, 2.75) is 26.3 Å². The fourth-order valence-electron chi connectivity index (χ4n) is 1.34. The largest absolute Gasteiger partial charge is 0.375 e. The van der Waals surface area contributed by atoms with Crippen LogP contribution in [0.5, 0.6) is 0 Å². The third kappa shape index (κ3) is 4.05. The number of hydrogen-bond donors (Lipinski definition) is 0. The molecule has 0 radical (unpaired) electrons. The molecule has 1 aromatic rings. The summed E-state index contributed by atoms with van der Waals surface area (Å²) in [6.45, 7) is 1.64. The molecule has 0 saturated heterocycles. The molecule has 0 aromatic carbocycles. The number of carbonyl (C=O) groups excluding carboxylic acids is 1. The Kier molecular flexibility index (Phi) is 5.50. The van der Waals surface area contributed by atoms with Crippen LogP contribution in [0.3, 0.4) is 0 Å². The molecule has 0 spiro atoms. The van der Waals surface area contributed by atoms with Crippen LogP contribution in [0.25, 0.3) is 0 Å². The lowest BCUT2D eigenvalue weighted by atomic mass is 10.2. The van der Waals surface area contributed by atoms with Gasteiger partial charge in [0.2, 0.25) is 0 Å². The maximum Gasteiger partial charge on any atom is 0.261 e. The number of carbonyl (C=O) groups is 1. The first-order chi connectivity index (χ1) is 8.06. The van der Waals surface area contributed by atoms with Crippen molar-refractivity contribution in [2.24, 2.45) is 0 Å². The highest BCUT2D eigenvalue weighted by molar-refractivity contribution is 6.33. The zero-order valence-corrected chi connectivity index (χ0v) is 10.1. The number of aromatic nitrogens is 2. The molecule has 0 unspecified atom stereocenters. The van der Waals surface area contributed by atoms with E-state index in [0.717, 1.165) is 0 Å². The second-order valence-corrected chi connectivity index (χ2v) is 3.70. The Labute approximate surface area is 103 Å². The van der Waals surface area contributed by atoms with E-state index in [1.54, 1.807) is 0 Å². The van der Waals surface area contributed by atoms with Crippen molar-refractivity contribution in [3.8, 4) is 0 Å². The van der Waals surface area contributed by atoms with Gasteiger partial charge in [0.15, 0.2) is 5.78 Å². The van der Waals surface area contributed by atoms with Crippen LogP contribution < -0.4 is 0 Å². The Morgan fingerprint density at radius 1 is 1.65 bits per heavy atom. The molecule has 0 amide bonds. The van der Waals surface area contributed by atoms with E-state index in [1.807, 2.05) is 6.92 Å². The minimum Gasteiger partial charge on any atom is -0.375 e. The molecule has 0 aliphatic rings. The highest BCUT2D eigenvalue weighted by Gasteiger charge is 2.16. The van der Waals surface area contributed by atoms with Gasteiger partial charge in [0.1, 0.15) is 12.3 Å². The number of alkyl halides is 2. The van der Waals surface area contributed by atoms with Crippen LogP contribution >= 0.6 is 11.6 Å². The quantitative estimate of drug-likeness (QED) is 0.562. The van der Waals surface area contributed by atoms with Gasteiger partial charge in [-0.2, -0.15) is 5.10 Å². The lowest BCUT2D eigenvalue weighted by molar-refractivity contribution is 0.0169. The second kappa shape index (κ2) is 6.66. The molecule has 0 aliphatic carbocycles. The SMILES string of the molecule is CCn1ncc(Cl)c1C(=O)CCOCC(F)F. The Bertz CT molecular complexity index is 382. The third-order valence-corrected chi connectivity index (χ3v) is 2.35. The second-order valence-electron chi connectivity index (χ2n) is 3.30. The smallest absolute Gasteiger partial charge is 0.261 e. The maximum absolute atomic E-state index is 11.8. The highest BCUT2D eigenvalue weighted by Crippen LogP contribution is 2.16. The Morgan fingerprint density at radius 2 is 2.35 bits per heavy atom. The average molecular weight is 267 g/mol. The first-order valence-electron chi connectivity index (χ1n) is 5.16. The van der Waals surface area contributed by atoms with Gasteiger partial charge in [-0.3, -0.25) is 9.48 Å². The number of ether oxygens (including phenoxy) is 1. The number of aryl methyl sites for hydroxylation is 1. The van der Waals surface area contributed by atoms with Crippen molar-refractivity contribution in [1.82, 2.24) is 9.78 Å². The fourth-order valence-corrected chi connectivity index (χ4v) is 1.58. The lowest BCUT2D eigenvalue weighted by Crippen LogP contribution is -2.13. The molecule has 17 heavy (non-hydrogen) atoms. The van der Waals surface area contributed by atoms with Crippen LogP contribution in [-0.2, 0) is 11.3 Å². The van der Waals surface area contributed by atoms with Crippen LogP contribution in [0, 0.1) is 0 Å². The summed E-state index contributed by atoms with van der Waals surface area (Å²) < 4.78 is 29.6. The van der Waals surface area contributed by atoms with Crippen molar-refractivity contribution >= 4 is 17.4 Å². The first kappa shape index (κ1) is 14.1. The standard InChI is InChI=1S/C10H13ClF2N2O2/c1-2-15-10(7(11)5-14-15)8(16)3-4-17-6-9(12)13/h5,9H,2-4,6H2,1H3. The summed E-state index contributed by atoms with van der Waals surface area (Å²) in [6.07, 6.45) is -1.12. The van der Waals surface area contributed by atoms with Crippen LogP contribution in [-0.4, -0.2) is 35.2 Å². The number of rotatable bonds is 7. The Morgan fingerprint density at radius 3 is 2.94 bits per heavy atom. The van der Waals surface area contributed by atoms with Gasteiger partial charge in [-0.25, -0.2) is 8.78 Å². The van der Waals surface area contributed by atoms with Gasteiger partial charge >= 0.3 is 0 Å². The van der Waals surface area contributed by atoms with E-state index >= 15 is 0 Å². The summed E-state index contributed by atoms with van der Waals surface area (Å²) >= 11 is 5.82. The summed E-state index contributed by atoms with van der Waals surface area (Å²) in [5.74, 6) is -0.261. The van der Waals surface area contributed by atoms with Gasteiger partial charge in [-0.15, -0.1) is 0 Å². The zero-order valence-electron chi connectivity index (χ0n) is 9.33. The molecule has 96 valence electrons. The van der Waals surface area contributed by atoms with Gasteiger partial charge in [0.05, 0.1) is 17.8 Å². The third-order valence-electron chi connectivity index (χ3n) is 2.08. The molecule has 4 nitrogen and oxygen atoms in total. The van der Waals surface area contributed by atoms with Gasteiger partial charge < -0.3 is 4.74 Å². The van der Waals surface area contributed by atoms with Crippen molar-refractivity contribution < 1.29 is 18.3 Å². The molecular weight excluding hydrogens is 254 g/mol. The highest BCUT2D eigenvalue weighted by atomic mass is 35.5. The molecule has 7 heteroatoms. The van der Waals surface area contributed by atoms with Crippen LogP contribution in [0.4, 0.5) is 8.78 Å². The van der Waals surface area contributed by atoms with Crippen molar-refractivity contribution in [1.29, 1.82) is 0 Å². The normalized spacial score (nSPS) is 11.1. The minimum atomic E-state index is -2.52. The number of hydrogen-bond acceptors (Lipinski definition) is 3. The molecule has 0 saturated carbocycles. The molecule has 1 aromatic heterocycles. The molecule has 1 heterocycles. The fraction of sp³-hybridized carbons (Fsp3) is 0.600. The number of halogens is 3. The Balaban J connectivity index is 2.49. The average Bonchev–Trinajstić information content (AvgIpc) is 2.65. The summed E-state index contributed by atoms with van der Waals surface area (Å²) in [6, 6.07) is 0. The van der Waals surface area contributed by atoms with E-state index in [4.69, 9.17) is 11.6 Å². The van der Waals surface area contributed by atoms with Crippen molar-refractivity contribution in [2.75, 3.05) is 13.2 Å². The van der Waals surface area contributed by atoms with Crippen LogP contribution in [0.1, 0.15) is 23.8 Å². The molecule has 0 fully saturated rings. The number of nitrogens with zero attached hydrogens (tertiary/aromatic N) is 2. The molecule has 1 rings (SSSR count). The number of Topliss-reactive ketones (excluding diaryl/α,β-unsaturated/α-hetero) is 1. The Hall–Kier alpha value is -1.01. The zero-order chi connectivity index (χ0) is 12.8. The number of ketones is 1. The predicted molar refractivity (Wildman–Crippen MR) is 58.7 cm³/mol. The van der Waals surface area contributed by atoms with E-state index in [1.165, 1.54) is 10.9 Å². The van der Waals surface area contributed by atoms with Gasteiger partial charge in [0, 0.05) is 13.0 Å². The predicted octanol–water partition coefficient (Wildman–Crippen LogP) is 2.41. The molecule has 0 N–H and O–H groups in total. The van der Waals surface area contributed by atoms with Gasteiger partial charge in [-0.05, 0) is 6.92 Å². The van der Waals surface area contributed by atoms with E-state index in [-0.39, 0.29) is 23.8 Å². The molecule has 0 bridgehead atoms. The maximum atomic E-state index is 11.8. The van der Waals surface area contributed by atoms with E-state index in [0.29, 0.717) is 12.2 Å². The summed E-state index contributed by atoms with van der Waals surface area (Å²) in [4.78, 5) is 11.7. The van der Waals surface area contributed by atoms with E-state index in [9.17, 15) is 13.6 Å². The first-order valence-corrected chi connectivity index (χ1v) is 5.54. The molecule has 0 atom stereocenters. The molecular formula is C10H13ClF2N2O2. The van der Waals surface area contributed by atoms with Crippen molar-refractivity contribution in [3.63, 3.8) is 0 Å². The topological polar surface area (TPSA) is 44.1 Å². The van der Waals surface area contributed by atoms with Crippen LogP contribution in [0.2, 0.25) is 5.02 Å². The summed E-state index contributed by atoms with van der Waals surface area (Å²) in [5, 5.41) is 4.18. The monoisotopic (exact) mass is 266 g/mol. The summed E-state index contributed by atoms with van der Waals surface area (Å²) in [5.41, 5.74) is 0.301. The van der Waals surface area contributed by atoms with E-state index < -0.39 is 13.0 Å². The molecule has 0 aliphatic heterocycles. The van der Waals surface area contributed by atoms with Crippen molar-refractivity contribution in [3.05, 3.63) is 16.9 Å². The summed E-state index contributed by atoms with van der Waals surface area (Å²) in [7, 11) is 0. The minimum absolute atomic E-state index is 0.0120. The van der Waals surface area contributed by atoms with E-state index in [2.05, 4.69) is 9.84 Å². The van der Waals surface area contributed by atoms with Gasteiger partial charge in [-0.1, -0.05) is 11.6 Å². The van der Waals surface area contributed by atoms with Crippen LogP contribution in [0.15, 0.2) is 6.20 Å². The lowest BCUT2D eigenvalue weighted by Gasteiger charge is -2.05.